The summed E-state index contributed by atoms with van der Waals surface area (Å²) in [7, 11) is 0. The molecule has 1 N–H and O–H groups in total. The van der Waals surface area contributed by atoms with E-state index in [4.69, 9.17) is 0 Å². The van der Waals surface area contributed by atoms with Gasteiger partial charge >= 0.3 is 0 Å². The summed E-state index contributed by atoms with van der Waals surface area (Å²) in [5.74, 6) is 0. The van der Waals surface area contributed by atoms with Gasteiger partial charge in [-0.3, -0.25) is 4.90 Å². The first-order chi connectivity index (χ1) is 6.88. The Morgan fingerprint density at radius 3 is 2.40 bits per heavy atom. The van der Waals surface area contributed by atoms with E-state index in [0.29, 0.717) is 12.1 Å². The van der Waals surface area contributed by atoms with E-state index in [1.54, 1.807) is 0 Å². The van der Waals surface area contributed by atoms with E-state index in [-0.39, 0.29) is 5.54 Å². The molecule has 1 rings (SSSR count). The lowest BCUT2D eigenvalue weighted by Crippen LogP contribution is -2.49. The molecule has 0 saturated carbocycles. The molecule has 1 unspecified atom stereocenters. The predicted octanol–water partition coefficient (Wildman–Crippen LogP) is 2.64. The molecule has 1 fully saturated rings. The van der Waals surface area contributed by atoms with Gasteiger partial charge in [0.2, 0.25) is 0 Å². The zero-order valence-corrected chi connectivity index (χ0v) is 11.1. The molecule has 0 aliphatic carbocycles. The second-order valence-corrected chi connectivity index (χ2v) is 6.18. The minimum Gasteiger partial charge on any atom is -0.308 e. The van der Waals surface area contributed by atoms with Crippen molar-refractivity contribution in [1.82, 2.24) is 10.2 Å². The Balaban J connectivity index is 2.49. The highest BCUT2D eigenvalue weighted by Gasteiger charge is 2.23. The third-order valence-electron chi connectivity index (χ3n) is 3.07. The summed E-state index contributed by atoms with van der Waals surface area (Å²) in [6.45, 7) is 13.9. The summed E-state index contributed by atoms with van der Waals surface area (Å²) in [6.07, 6.45) is 4.07. The largest absolute Gasteiger partial charge is 0.308 e. The zero-order chi connectivity index (χ0) is 11.5. The molecule has 2 heteroatoms. The molecule has 0 spiro atoms. The summed E-state index contributed by atoms with van der Waals surface area (Å²) in [5.41, 5.74) is 0.248. The highest BCUT2D eigenvalue weighted by molar-refractivity contribution is 4.83. The van der Waals surface area contributed by atoms with Gasteiger partial charge in [-0.25, -0.2) is 0 Å². The zero-order valence-electron chi connectivity index (χ0n) is 11.1. The fourth-order valence-electron chi connectivity index (χ4n) is 2.37. The van der Waals surface area contributed by atoms with Crippen LogP contribution in [0.25, 0.3) is 0 Å². The van der Waals surface area contributed by atoms with Crippen LogP contribution in [0.2, 0.25) is 0 Å². The molecule has 0 aromatic rings. The third-order valence-corrected chi connectivity index (χ3v) is 3.07. The van der Waals surface area contributed by atoms with Gasteiger partial charge in [0.15, 0.2) is 0 Å². The molecular weight excluding hydrogens is 184 g/mol. The Morgan fingerprint density at radius 1 is 1.20 bits per heavy atom. The Kier molecular flexibility index (Phi) is 4.60. The van der Waals surface area contributed by atoms with Crippen molar-refractivity contribution in [3.63, 3.8) is 0 Å². The Bertz CT molecular complexity index is 181. The summed E-state index contributed by atoms with van der Waals surface area (Å²) in [4.78, 5) is 2.61. The normalized spacial score (nSPS) is 25.6. The fraction of sp³-hybridized carbons (Fsp3) is 1.00. The average Bonchev–Trinajstić information content (AvgIpc) is 2.26. The number of rotatable bonds is 2. The van der Waals surface area contributed by atoms with Crippen LogP contribution < -0.4 is 5.32 Å². The Labute approximate surface area is 95.4 Å². The molecule has 0 bridgehead atoms. The molecule has 15 heavy (non-hydrogen) atoms. The quantitative estimate of drug-likeness (QED) is 0.757. The van der Waals surface area contributed by atoms with E-state index in [9.17, 15) is 0 Å². The topological polar surface area (TPSA) is 15.3 Å². The molecule has 1 atom stereocenters. The monoisotopic (exact) mass is 212 g/mol. The average molecular weight is 212 g/mol. The van der Waals surface area contributed by atoms with Gasteiger partial charge in [0.05, 0.1) is 0 Å². The minimum absolute atomic E-state index is 0.248. The third kappa shape index (κ3) is 4.98. The van der Waals surface area contributed by atoms with Gasteiger partial charge in [0.25, 0.3) is 0 Å². The lowest BCUT2D eigenvalue weighted by molar-refractivity contribution is 0.198. The van der Waals surface area contributed by atoms with Crippen molar-refractivity contribution in [2.24, 2.45) is 0 Å². The summed E-state index contributed by atoms with van der Waals surface area (Å²) in [6, 6.07) is 1.36. The molecule has 1 heterocycles. The molecule has 0 amide bonds. The molecule has 0 aromatic carbocycles. The standard InChI is InChI=1S/C13H28N2/c1-11(2)15-9-7-6-8-12(10-15)14-13(3,4)5/h11-12,14H,6-10H2,1-5H3. The number of hydrogen-bond donors (Lipinski definition) is 1. The highest BCUT2D eigenvalue weighted by Crippen LogP contribution is 2.15. The minimum atomic E-state index is 0.248. The predicted molar refractivity (Wildman–Crippen MR) is 67.2 cm³/mol. The van der Waals surface area contributed by atoms with Gasteiger partial charge in [-0.1, -0.05) is 6.42 Å². The molecule has 0 radical (unpaired) electrons. The maximum atomic E-state index is 3.74. The summed E-state index contributed by atoms with van der Waals surface area (Å²) >= 11 is 0. The maximum Gasteiger partial charge on any atom is 0.0199 e. The lowest BCUT2D eigenvalue weighted by atomic mass is 10.0. The molecule has 1 aliphatic heterocycles. The van der Waals surface area contributed by atoms with Crippen LogP contribution in [0.1, 0.15) is 53.9 Å². The van der Waals surface area contributed by atoms with Gasteiger partial charge in [0, 0.05) is 24.2 Å². The summed E-state index contributed by atoms with van der Waals surface area (Å²) in [5, 5.41) is 3.74. The van der Waals surface area contributed by atoms with Gasteiger partial charge in [-0.15, -0.1) is 0 Å². The first-order valence-corrected chi connectivity index (χ1v) is 6.40. The fourth-order valence-corrected chi connectivity index (χ4v) is 2.37. The van der Waals surface area contributed by atoms with E-state index < -0.39 is 0 Å². The smallest absolute Gasteiger partial charge is 0.0199 e. The molecule has 0 aromatic heterocycles. The number of nitrogens with zero attached hydrogens (tertiary/aromatic N) is 1. The van der Waals surface area contributed by atoms with E-state index in [1.807, 2.05) is 0 Å². The van der Waals surface area contributed by atoms with Gasteiger partial charge in [0.1, 0.15) is 0 Å². The summed E-state index contributed by atoms with van der Waals surface area (Å²) < 4.78 is 0. The van der Waals surface area contributed by atoms with Crippen LogP contribution in [0, 0.1) is 0 Å². The second kappa shape index (κ2) is 5.31. The molecule has 2 nitrogen and oxygen atoms in total. The highest BCUT2D eigenvalue weighted by atomic mass is 15.2. The van der Waals surface area contributed by atoms with Crippen molar-refractivity contribution in [2.75, 3.05) is 13.1 Å². The van der Waals surface area contributed by atoms with Crippen LogP contribution in [0.3, 0.4) is 0 Å². The molecule has 1 saturated heterocycles. The second-order valence-electron chi connectivity index (χ2n) is 6.18. The van der Waals surface area contributed by atoms with Crippen molar-refractivity contribution in [3.8, 4) is 0 Å². The Hall–Kier alpha value is -0.0800. The van der Waals surface area contributed by atoms with Crippen LogP contribution in [0.5, 0.6) is 0 Å². The number of hydrogen-bond acceptors (Lipinski definition) is 2. The molecular formula is C13H28N2. The first-order valence-electron chi connectivity index (χ1n) is 6.40. The van der Waals surface area contributed by atoms with Crippen LogP contribution in [-0.4, -0.2) is 35.6 Å². The van der Waals surface area contributed by atoms with Crippen LogP contribution in [0.15, 0.2) is 0 Å². The number of likely N-dealkylation sites (tertiary alicyclic amines) is 1. The van der Waals surface area contributed by atoms with Crippen molar-refractivity contribution in [1.29, 1.82) is 0 Å². The Morgan fingerprint density at radius 2 is 1.87 bits per heavy atom. The van der Waals surface area contributed by atoms with Gasteiger partial charge in [-0.05, 0) is 54.0 Å². The van der Waals surface area contributed by atoms with Crippen molar-refractivity contribution in [3.05, 3.63) is 0 Å². The van der Waals surface area contributed by atoms with Crippen molar-refractivity contribution < 1.29 is 0 Å². The first kappa shape index (κ1) is 13.0. The SMILES string of the molecule is CC(C)N1CCCCC(NC(C)(C)C)C1. The van der Waals surface area contributed by atoms with Crippen molar-refractivity contribution in [2.45, 2.75) is 71.5 Å². The number of nitrogens with one attached hydrogen (secondary N) is 1. The molecule has 90 valence electrons. The van der Waals surface area contributed by atoms with Crippen LogP contribution >= 0.6 is 0 Å². The van der Waals surface area contributed by atoms with Crippen molar-refractivity contribution >= 4 is 0 Å². The maximum absolute atomic E-state index is 3.74. The molecule has 1 aliphatic rings. The van der Waals surface area contributed by atoms with E-state index >= 15 is 0 Å². The van der Waals surface area contributed by atoms with E-state index in [2.05, 4.69) is 44.8 Å². The van der Waals surface area contributed by atoms with E-state index in [0.717, 1.165) is 0 Å². The van der Waals surface area contributed by atoms with Crippen LogP contribution in [-0.2, 0) is 0 Å². The van der Waals surface area contributed by atoms with E-state index in [1.165, 1.54) is 32.4 Å². The van der Waals surface area contributed by atoms with Gasteiger partial charge < -0.3 is 5.32 Å². The van der Waals surface area contributed by atoms with Crippen LogP contribution in [0.4, 0.5) is 0 Å². The lowest BCUT2D eigenvalue weighted by Gasteiger charge is -2.32. The van der Waals surface area contributed by atoms with Gasteiger partial charge in [-0.2, -0.15) is 0 Å².